The largest absolute Gasteiger partial charge is 0.479 e. The summed E-state index contributed by atoms with van der Waals surface area (Å²) in [5.41, 5.74) is 0.922. The van der Waals surface area contributed by atoms with Crippen molar-refractivity contribution >= 4 is 5.97 Å². The lowest BCUT2D eigenvalue weighted by atomic mass is 9.87. The van der Waals surface area contributed by atoms with Gasteiger partial charge in [0.25, 0.3) is 0 Å². The lowest BCUT2D eigenvalue weighted by molar-refractivity contribution is -0.150. The van der Waals surface area contributed by atoms with E-state index in [0.717, 1.165) is 17.0 Å². The van der Waals surface area contributed by atoms with Crippen LogP contribution in [0.1, 0.15) is 18.6 Å². The van der Waals surface area contributed by atoms with Gasteiger partial charge in [-0.25, -0.2) is 9.78 Å². The van der Waals surface area contributed by atoms with Gasteiger partial charge in [-0.05, 0) is 12.8 Å². The molecule has 3 aromatic rings. The predicted octanol–water partition coefficient (Wildman–Crippen LogP) is 2.61. The third-order valence-corrected chi connectivity index (χ3v) is 5.09. The molecule has 7 nitrogen and oxygen atoms in total. The van der Waals surface area contributed by atoms with Gasteiger partial charge in [0.1, 0.15) is 11.2 Å². The standard InChI is InChI=1S/C19H20N4O3/c24-18(25)19(23-11-8-20-14-23)6-9-22(10-7-19)13-16-12-17(21-26-16)15-4-2-1-3-5-15/h1-5,8,11-12,14H,6-7,9-10,13H2,(H,24,25). The van der Waals surface area contributed by atoms with Crippen LogP contribution < -0.4 is 0 Å². The molecule has 2 aromatic heterocycles. The van der Waals surface area contributed by atoms with Crippen LogP contribution in [0.2, 0.25) is 0 Å². The maximum absolute atomic E-state index is 11.9. The van der Waals surface area contributed by atoms with Crippen molar-refractivity contribution in [2.75, 3.05) is 13.1 Å². The number of piperidine rings is 1. The first-order valence-corrected chi connectivity index (χ1v) is 8.63. The zero-order valence-corrected chi connectivity index (χ0v) is 14.3. The summed E-state index contributed by atoms with van der Waals surface area (Å²) in [5, 5.41) is 13.9. The van der Waals surface area contributed by atoms with Crippen molar-refractivity contribution in [1.82, 2.24) is 19.6 Å². The van der Waals surface area contributed by atoms with Crippen molar-refractivity contribution in [2.24, 2.45) is 0 Å². The van der Waals surface area contributed by atoms with Crippen molar-refractivity contribution in [3.05, 3.63) is 60.9 Å². The summed E-state index contributed by atoms with van der Waals surface area (Å²) in [5.74, 6) is -0.0181. The first kappa shape index (κ1) is 16.5. The Bertz CT molecular complexity index is 865. The van der Waals surface area contributed by atoms with E-state index in [-0.39, 0.29) is 0 Å². The highest BCUT2D eigenvalue weighted by Gasteiger charge is 2.43. The molecule has 1 aliphatic heterocycles. The molecule has 4 rings (SSSR count). The summed E-state index contributed by atoms with van der Waals surface area (Å²) in [6, 6.07) is 11.8. The molecule has 134 valence electrons. The van der Waals surface area contributed by atoms with Gasteiger partial charge in [-0.15, -0.1) is 0 Å². The molecule has 1 saturated heterocycles. The molecule has 7 heteroatoms. The third kappa shape index (κ3) is 3.01. The van der Waals surface area contributed by atoms with Crippen molar-refractivity contribution in [2.45, 2.75) is 24.9 Å². The number of carboxylic acids is 1. The molecule has 1 fully saturated rings. The summed E-state index contributed by atoms with van der Waals surface area (Å²) >= 11 is 0. The Labute approximate surface area is 150 Å². The Kier molecular flexibility index (Phi) is 4.30. The molecule has 26 heavy (non-hydrogen) atoms. The highest BCUT2D eigenvalue weighted by molar-refractivity contribution is 5.77. The molecule has 1 aliphatic rings. The Morgan fingerprint density at radius 2 is 2.00 bits per heavy atom. The SMILES string of the molecule is O=C(O)C1(n2ccnc2)CCN(Cc2cc(-c3ccccc3)no2)CC1. The molecule has 3 heterocycles. The summed E-state index contributed by atoms with van der Waals surface area (Å²) in [7, 11) is 0. The van der Waals surface area contributed by atoms with Crippen molar-refractivity contribution in [3.63, 3.8) is 0 Å². The smallest absolute Gasteiger partial charge is 0.330 e. The van der Waals surface area contributed by atoms with E-state index in [1.54, 1.807) is 23.3 Å². The normalized spacial score (nSPS) is 17.2. The second-order valence-electron chi connectivity index (χ2n) is 6.63. The van der Waals surface area contributed by atoms with Crippen molar-refractivity contribution < 1.29 is 14.4 Å². The van der Waals surface area contributed by atoms with E-state index in [1.165, 1.54) is 0 Å². The zero-order chi connectivity index (χ0) is 18.0. The molecule has 0 aliphatic carbocycles. The molecule has 0 amide bonds. The van der Waals surface area contributed by atoms with Crippen LogP contribution in [0.5, 0.6) is 0 Å². The van der Waals surface area contributed by atoms with E-state index in [0.29, 0.717) is 32.5 Å². The van der Waals surface area contributed by atoms with Gasteiger partial charge in [-0.2, -0.15) is 0 Å². The number of imidazole rings is 1. The van der Waals surface area contributed by atoms with Crippen LogP contribution >= 0.6 is 0 Å². The molecule has 0 radical (unpaired) electrons. The van der Waals surface area contributed by atoms with Gasteiger partial charge in [-0.3, -0.25) is 4.90 Å². The quantitative estimate of drug-likeness (QED) is 0.760. The van der Waals surface area contributed by atoms with Crippen molar-refractivity contribution in [1.29, 1.82) is 0 Å². The van der Waals surface area contributed by atoms with E-state index in [2.05, 4.69) is 15.0 Å². The molecule has 1 aromatic carbocycles. The number of hydrogen-bond acceptors (Lipinski definition) is 5. The van der Waals surface area contributed by atoms with Gasteiger partial charge in [0.05, 0.1) is 12.9 Å². The van der Waals surface area contributed by atoms with E-state index >= 15 is 0 Å². The van der Waals surface area contributed by atoms with Crippen molar-refractivity contribution in [3.8, 4) is 11.3 Å². The van der Waals surface area contributed by atoms with E-state index < -0.39 is 11.5 Å². The minimum atomic E-state index is -0.913. The van der Waals surface area contributed by atoms with Crippen LogP contribution in [0, 0.1) is 0 Å². The van der Waals surface area contributed by atoms with Crippen LogP contribution in [0.4, 0.5) is 0 Å². The van der Waals surface area contributed by atoms with Crippen LogP contribution in [-0.4, -0.2) is 43.8 Å². The number of aliphatic carboxylic acids is 1. The highest BCUT2D eigenvalue weighted by Crippen LogP contribution is 2.31. The first-order valence-electron chi connectivity index (χ1n) is 8.63. The maximum Gasteiger partial charge on any atom is 0.330 e. The number of hydrogen-bond donors (Lipinski definition) is 1. The molecule has 0 saturated carbocycles. The topological polar surface area (TPSA) is 84.4 Å². The molecular weight excluding hydrogens is 332 g/mol. The van der Waals surface area contributed by atoms with Gasteiger partial charge in [0.2, 0.25) is 0 Å². The number of aromatic nitrogens is 3. The van der Waals surface area contributed by atoms with Crippen LogP contribution in [0.3, 0.4) is 0 Å². The van der Waals surface area contributed by atoms with E-state index in [4.69, 9.17) is 4.52 Å². The number of carbonyl (C=O) groups is 1. The van der Waals surface area contributed by atoms with Crippen LogP contribution in [0.25, 0.3) is 11.3 Å². The Morgan fingerprint density at radius 3 is 2.65 bits per heavy atom. The summed E-state index contributed by atoms with van der Waals surface area (Å²) < 4.78 is 7.19. The summed E-state index contributed by atoms with van der Waals surface area (Å²) in [6.45, 7) is 1.97. The second-order valence-corrected chi connectivity index (χ2v) is 6.63. The number of nitrogens with zero attached hydrogens (tertiary/aromatic N) is 4. The molecule has 1 N–H and O–H groups in total. The average Bonchev–Trinajstić information content (AvgIpc) is 3.35. The number of likely N-dealkylation sites (tertiary alicyclic amines) is 1. The summed E-state index contributed by atoms with van der Waals surface area (Å²) in [4.78, 5) is 18.1. The fourth-order valence-electron chi connectivity index (χ4n) is 3.53. The van der Waals surface area contributed by atoms with Gasteiger partial charge < -0.3 is 14.2 Å². The Hall–Kier alpha value is -2.93. The average molecular weight is 352 g/mol. The Balaban J connectivity index is 1.43. The van der Waals surface area contributed by atoms with Gasteiger partial charge in [-0.1, -0.05) is 35.5 Å². The fraction of sp³-hybridized carbons (Fsp3) is 0.316. The lowest BCUT2D eigenvalue weighted by Crippen LogP contribution is -2.50. The summed E-state index contributed by atoms with van der Waals surface area (Å²) in [6.07, 6.45) is 5.99. The van der Waals surface area contributed by atoms with E-state index in [9.17, 15) is 9.90 Å². The zero-order valence-electron chi connectivity index (χ0n) is 14.3. The van der Waals surface area contributed by atoms with Gasteiger partial charge in [0.15, 0.2) is 5.76 Å². The molecular formula is C19H20N4O3. The van der Waals surface area contributed by atoms with Crippen LogP contribution in [-0.2, 0) is 16.9 Å². The molecule has 0 bridgehead atoms. The Morgan fingerprint density at radius 1 is 1.23 bits per heavy atom. The highest BCUT2D eigenvalue weighted by atomic mass is 16.5. The monoisotopic (exact) mass is 352 g/mol. The molecule has 0 atom stereocenters. The minimum Gasteiger partial charge on any atom is -0.479 e. The van der Waals surface area contributed by atoms with E-state index in [1.807, 2.05) is 36.4 Å². The lowest BCUT2D eigenvalue weighted by Gasteiger charge is -2.39. The minimum absolute atomic E-state index is 0.526. The molecule has 0 unspecified atom stereocenters. The van der Waals surface area contributed by atoms with Crippen LogP contribution in [0.15, 0.2) is 59.6 Å². The third-order valence-electron chi connectivity index (χ3n) is 5.09. The van der Waals surface area contributed by atoms with Gasteiger partial charge in [0, 0.05) is 37.1 Å². The number of carboxylic acid groups (broad SMARTS) is 1. The predicted molar refractivity (Wildman–Crippen MR) is 94.3 cm³/mol. The maximum atomic E-state index is 11.9. The second kappa shape index (κ2) is 6.76. The fourth-order valence-corrected chi connectivity index (χ4v) is 3.53. The number of rotatable bonds is 5. The number of benzene rings is 1. The molecule has 0 spiro atoms. The van der Waals surface area contributed by atoms with Gasteiger partial charge >= 0.3 is 5.97 Å². The first-order chi connectivity index (χ1) is 12.7.